The molecule has 1 aromatic carbocycles. The van der Waals surface area contributed by atoms with E-state index in [0.717, 1.165) is 19.4 Å². The number of nitrogens with two attached hydrogens (primary N) is 1. The van der Waals surface area contributed by atoms with Crippen molar-refractivity contribution in [1.29, 1.82) is 0 Å². The molecule has 1 unspecified atom stereocenters. The molecule has 2 N–H and O–H groups in total. The van der Waals surface area contributed by atoms with Gasteiger partial charge in [-0.3, -0.25) is 4.79 Å². The summed E-state index contributed by atoms with van der Waals surface area (Å²) in [6, 6.07) is 5.41. The number of hydrogen-bond acceptors (Lipinski definition) is 4. The van der Waals surface area contributed by atoms with Gasteiger partial charge in [0.05, 0.1) is 10.6 Å². The molecule has 3 rings (SSSR count). The fraction of sp³-hybridized carbons (Fsp3) is 0.467. The Morgan fingerprint density at radius 1 is 1.33 bits per heavy atom. The first-order valence-corrected chi connectivity index (χ1v) is 7.55. The third-order valence-corrected chi connectivity index (χ3v) is 4.24. The van der Waals surface area contributed by atoms with Crippen molar-refractivity contribution in [1.82, 2.24) is 4.90 Å². The minimum absolute atomic E-state index is 0.0432. The second-order valence-corrected chi connectivity index (χ2v) is 5.79. The number of ether oxygens (including phenoxy) is 2. The van der Waals surface area contributed by atoms with Crippen molar-refractivity contribution in [3.63, 3.8) is 0 Å². The highest BCUT2D eigenvalue weighted by Crippen LogP contribution is 2.34. The highest BCUT2D eigenvalue weighted by Gasteiger charge is 2.29. The Kier molecular flexibility index (Phi) is 3.96. The van der Waals surface area contributed by atoms with Crippen LogP contribution in [0.15, 0.2) is 18.2 Å². The Balaban J connectivity index is 1.83. The maximum absolute atomic E-state index is 12.7. The quantitative estimate of drug-likeness (QED) is 0.841. The van der Waals surface area contributed by atoms with E-state index >= 15 is 0 Å². The van der Waals surface area contributed by atoms with Gasteiger partial charge in [-0.2, -0.15) is 0 Å². The molecule has 1 fully saturated rings. The van der Waals surface area contributed by atoms with Crippen LogP contribution >= 0.6 is 12.2 Å². The van der Waals surface area contributed by atoms with E-state index in [-0.39, 0.29) is 11.8 Å². The van der Waals surface area contributed by atoms with Gasteiger partial charge in [0.1, 0.15) is 13.2 Å². The van der Waals surface area contributed by atoms with E-state index in [4.69, 9.17) is 27.4 Å². The van der Waals surface area contributed by atoms with Crippen molar-refractivity contribution in [3.8, 4) is 11.5 Å². The zero-order chi connectivity index (χ0) is 14.8. The summed E-state index contributed by atoms with van der Waals surface area (Å²) in [5.41, 5.74) is 6.28. The zero-order valence-electron chi connectivity index (χ0n) is 11.7. The maximum atomic E-state index is 12.7. The molecule has 0 radical (unpaired) electrons. The summed E-state index contributed by atoms with van der Waals surface area (Å²) in [5.74, 6) is 1.24. The summed E-state index contributed by atoms with van der Waals surface area (Å²) in [7, 11) is 0. The highest BCUT2D eigenvalue weighted by molar-refractivity contribution is 7.80. The first-order chi connectivity index (χ1) is 10.2. The molecule has 2 aliphatic heterocycles. The number of benzene rings is 1. The van der Waals surface area contributed by atoms with Crippen LogP contribution in [0.1, 0.15) is 23.2 Å². The Hall–Kier alpha value is -1.82. The van der Waals surface area contributed by atoms with E-state index in [1.54, 1.807) is 11.0 Å². The summed E-state index contributed by atoms with van der Waals surface area (Å²) in [6.07, 6.45) is 1.87. The second-order valence-electron chi connectivity index (χ2n) is 5.32. The molecular weight excluding hydrogens is 288 g/mol. The Morgan fingerprint density at radius 2 is 2.14 bits per heavy atom. The molecular formula is C15H18N2O3S. The molecule has 1 amide bonds. The van der Waals surface area contributed by atoms with Crippen molar-refractivity contribution >= 4 is 23.1 Å². The van der Waals surface area contributed by atoms with Gasteiger partial charge in [-0.1, -0.05) is 18.3 Å². The van der Waals surface area contributed by atoms with Crippen molar-refractivity contribution < 1.29 is 14.3 Å². The summed E-state index contributed by atoms with van der Waals surface area (Å²) >= 11 is 5.06. The van der Waals surface area contributed by atoms with Crippen molar-refractivity contribution in [3.05, 3.63) is 23.8 Å². The number of carbonyl (C=O) groups excluding carboxylic acids is 1. The van der Waals surface area contributed by atoms with Gasteiger partial charge in [-0.05, 0) is 25.0 Å². The molecule has 0 bridgehead atoms. The van der Waals surface area contributed by atoms with E-state index in [1.165, 1.54) is 0 Å². The fourth-order valence-corrected chi connectivity index (χ4v) is 3.00. The summed E-state index contributed by atoms with van der Waals surface area (Å²) in [4.78, 5) is 15.0. The number of piperidine rings is 1. The third-order valence-electron chi connectivity index (χ3n) is 3.91. The molecule has 2 heterocycles. The van der Waals surface area contributed by atoms with Gasteiger partial charge >= 0.3 is 0 Å². The SMILES string of the molecule is NC(=S)C1CCCN(C(=O)c2cccc3c2OCCO3)C1. The number of thiocarbonyl (C=S) groups is 1. The van der Waals surface area contributed by atoms with Crippen LogP contribution < -0.4 is 15.2 Å². The number of para-hydroxylation sites is 1. The lowest BCUT2D eigenvalue weighted by Crippen LogP contribution is -2.43. The lowest BCUT2D eigenvalue weighted by atomic mass is 9.97. The molecule has 1 atom stereocenters. The Morgan fingerprint density at radius 3 is 2.95 bits per heavy atom. The predicted molar refractivity (Wildman–Crippen MR) is 82.8 cm³/mol. The molecule has 2 aliphatic rings. The van der Waals surface area contributed by atoms with Gasteiger partial charge in [0.2, 0.25) is 0 Å². The summed E-state index contributed by atoms with van der Waals surface area (Å²) in [6.45, 7) is 2.28. The number of hydrogen-bond donors (Lipinski definition) is 1. The van der Waals surface area contributed by atoms with Gasteiger partial charge in [0, 0.05) is 19.0 Å². The number of nitrogens with zero attached hydrogens (tertiary/aromatic N) is 1. The van der Waals surface area contributed by atoms with Gasteiger partial charge < -0.3 is 20.1 Å². The molecule has 0 aliphatic carbocycles. The van der Waals surface area contributed by atoms with Crippen LogP contribution in [0.5, 0.6) is 11.5 Å². The lowest BCUT2D eigenvalue weighted by Gasteiger charge is -2.33. The van der Waals surface area contributed by atoms with E-state index < -0.39 is 0 Å². The number of carbonyl (C=O) groups is 1. The summed E-state index contributed by atoms with van der Waals surface area (Å²) < 4.78 is 11.1. The van der Waals surface area contributed by atoms with E-state index in [2.05, 4.69) is 0 Å². The fourth-order valence-electron chi connectivity index (χ4n) is 2.81. The van der Waals surface area contributed by atoms with Gasteiger partial charge in [-0.25, -0.2) is 0 Å². The number of amides is 1. The van der Waals surface area contributed by atoms with Crippen molar-refractivity contribution in [2.75, 3.05) is 26.3 Å². The topological polar surface area (TPSA) is 64.8 Å². The molecule has 0 spiro atoms. The van der Waals surface area contributed by atoms with Gasteiger partial charge in [0.25, 0.3) is 5.91 Å². The maximum Gasteiger partial charge on any atom is 0.257 e. The summed E-state index contributed by atoms with van der Waals surface area (Å²) in [5, 5.41) is 0. The molecule has 0 saturated carbocycles. The van der Waals surface area contributed by atoms with Crippen LogP contribution in [0.3, 0.4) is 0 Å². The molecule has 0 aromatic heterocycles. The monoisotopic (exact) mass is 306 g/mol. The number of likely N-dealkylation sites (tertiary alicyclic amines) is 1. The Labute approximate surface area is 129 Å². The highest BCUT2D eigenvalue weighted by atomic mass is 32.1. The smallest absolute Gasteiger partial charge is 0.257 e. The average Bonchev–Trinajstić information content (AvgIpc) is 2.53. The van der Waals surface area contributed by atoms with Crippen LogP contribution in [0.25, 0.3) is 0 Å². The van der Waals surface area contributed by atoms with Gasteiger partial charge in [-0.15, -0.1) is 0 Å². The number of fused-ring (bicyclic) bond motifs is 1. The first kappa shape index (κ1) is 14.1. The van der Waals surface area contributed by atoms with Crippen LogP contribution in [0, 0.1) is 5.92 Å². The van der Waals surface area contributed by atoms with Crippen molar-refractivity contribution in [2.45, 2.75) is 12.8 Å². The molecule has 5 nitrogen and oxygen atoms in total. The molecule has 1 aromatic rings. The zero-order valence-corrected chi connectivity index (χ0v) is 12.5. The lowest BCUT2D eigenvalue weighted by molar-refractivity contribution is 0.0693. The van der Waals surface area contributed by atoms with E-state index in [0.29, 0.717) is 41.8 Å². The molecule has 6 heteroatoms. The minimum Gasteiger partial charge on any atom is -0.486 e. The molecule has 21 heavy (non-hydrogen) atoms. The normalized spacial score (nSPS) is 21.0. The van der Waals surface area contributed by atoms with E-state index in [9.17, 15) is 4.79 Å². The average molecular weight is 306 g/mol. The molecule has 1 saturated heterocycles. The predicted octanol–water partition coefficient (Wildman–Crippen LogP) is 1.60. The number of rotatable bonds is 2. The van der Waals surface area contributed by atoms with Crippen LogP contribution in [0.4, 0.5) is 0 Å². The second kappa shape index (κ2) is 5.89. The van der Waals surface area contributed by atoms with Crippen molar-refractivity contribution in [2.24, 2.45) is 11.7 Å². The first-order valence-electron chi connectivity index (χ1n) is 7.14. The standard InChI is InChI=1S/C15H18N2O3S/c16-14(21)10-3-2-6-17(9-10)15(18)11-4-1-5-12-13(11)20-8-7-19-12/h1,4-5,10H,2-3,6-9H2,(H2,16,21). The van der Waals surface area contributed by atoms with Gasteiger partial charge in [0.15, 0.2) is 11.5 Å². The minimum atomic E-state index is -0.0432. The third kappa shape index (κ3) is 2.81. The van der Waals surface area contributed by atoms with Crippen LogP contribution in [-0.2, 0) is 0 Å². The Bertz CT molecular complexity index is 576. The van der Waals surface area contributed by atoms with Crippen LogP contribution in [-0.4, -0.2) is 42.1 Å². The van der Waals surface area contributed by atoms with Crippen LogP contribution in [0.2, 0.25) is 0 Å². The van der Waals surface area contributed by atoms with E-state index in [1.807, 2.05) is 12.1 Å². The largest absolute Gasteiger partial charge is 0.486 e. The molecule has 112 valence electrons.